The number of benzene rings is 1. The molecule has 0 aliphatic heterocycles. The predicted molar refractivity (Wildman–Crippen MR) is 115 cm³/mol. The van der Waals surface area contributed by atoms with E-state index in [1.807, 2.05) is 42.6 Å². The second-order valence-corrected chi connectivity index (χ2v) is 7.11. The van der Waals surface area contributed by atoms with Crippen LogP contribution in [0.5, 0.6) is 5.75 Å². The van der Waals surface area contributed by atoms with Gasteiger partial charge in [-0.2, -0.15) is 0 Å². The van der Waals surface area contributed by atoms with E-state index < -0.39 is 0 Å². The van der Waals surface area contributed by atoms with Crippen molar-refractivity contribution in [3.05, 3.63) is 75.2 Å². The van der Waals surface area contributed by atoms with E-state index in [0.29, 0.717) is 11.4 Å². The number of methoxy groups -OCH3 is 1. The number of hydrogen-bond acceptors (Lipinski definition) is 6. The molecule has 0 aliphatic rings. The van der Waals surface area contributed by atoms with Gasteiger partial charge in [-0.25, -0.2) is 9.97 Å². The van der Waals surface area contributed by atoms with Crippen molar-refractivity contribution in [3.63, 3.8) is 0 Å². The average molecular weight is 414 g/mol. The lowest BCUT2D eigenvalue weighted by molar-refractivity contribution is 0.0507. The quantitative estimate of drug-likeness (QED) is 0.496. The first-order valence-corrected chi connectivity index (χ1v) is 9.73. The maximum absolute atomic E-state index is 6.49. The van der Waals surface area contributed by atoms with Crippen LogP contribution in [-0.2, 0) is 4.74 Å². The first-order chi connectivity index (χ1) is 13.6. The monoisotopic (exact) mass is 413 g/mol. The van der Waals surface area contributed by atoms with Crippen LogP contribution in [0.25, 0.3) is 22.5 Å². The zero-order chi connectivity index (χ0) is 20.1. The zero-order valence-corrected chi connectivity index (χ0v) is 17.2. The van der Waals surface area contributed by atoms with E-state index in [1.165, 1.54) is 11.3 Å². The van der Waals surface area contributed by atoms with E-state index >= 15 is 0 Å². The van der Waals surface area contributed by atoms with Crippen molar-refractivity contribution in [1.29, 1.82) is 0 Å². The highest BCUT2D eigenvalue weighted by atomic mass is 35.5. The Bertz CT molecular complexity index is 1120. The topological polar surface area (TPSA) is 70.3 Å². The van der Waals surface area contributed by atoms with Crippen LogP contribution in [0, 0.1) is 6.92 Å². The van der Waals surface area contributed by atoms with Crippen LogP contribution in [0.15, 0.2) is 48.4 Å². The molecule has 144 valence electrons. The molecule has 3 aromatic rings. The van der Waals surface area contributed by atoms with Gasteiger partial charge in [0.2, 0.25) is 0 Å². The minimum atomic E-state index is 0.0409. The summed E-state index contributed by atoms with van der Waals surface area (Å²) < 4.78 is 10.8. The van der Waals surface area contributed by atoms with Crippen molar-refractivity contribution in [2.45, 2.75) is 6.92 Å². The first kappa shape index (κ1) is 20.1. The minimum Gasteiger partial charge on any atom is -0.464 e. The Balaban J connectivity index is 2.35. The third-order valence-electron chi connectivity index (χ3n) is 4.02. The predicted octanol–water partition coefficient (Wildman–Crippen LogP) is 3.23. The highest BCUT2D eigenvalue weighted by Gasteiger charge is 2.18. The number of halogens is 1. The largest absolute Gasteiger partial charge is 0.464 e. The molecule has 0 unspecified atom stereocenters. The van der Waals surface area contributed by atoms with Gasteiger partial charge in [0, 0.05) is 29.9 Å². The number of ether oxygens (including phenoxy) is 2. The molecule has 5 nitrogen and oxygen atoms in total. The van der Waals surface area contributed by atoms with Gasteiger partial charge in [0.15, 0.2) is 17.7 Å². The Morgan fingerprint density at radius 3 is 2.75 bits per heavy atom. The fraction of sp³-hybridized carbons (Fsp3) is 0.143. The summed E-state index contributed by atoms with van der Waals surface area (Å²) in [5.41, 5.74) is 8.97. The number of rotatable bonds is 6. The molecule has 0 radical (unpaired) electrons. The van der Waals surface area contributed by atoms with Gasteiger partial charge in [-0.1, -0.05) is 48.5 Å². The SMILES string of the molecule is C=C/C(c1cc(-c2nc(C)cs2)nc(Cl)c1OCOC)=c1/cccc/c1=C/N. The van der Waals surface area contributed by atoms with Crippen molar-refractivity contribution in [2.75, 3.05) is 13.9 Å². The fourth-order valence-corrected chi connectivity index (χ4v) is 3.80. The summed E-state index contributed by atoms with van der Waals surface area (Å²) in [4.78, 5) is 8.99. The Morgan fingerprint density at radius 2 is 2.11 bits per heavy atom. The maximum atomic E-state index is 6.49. The molecule has 0 spiro atoms. The van der Waals surface area contributed by atoms with Crippen LogP contribution in [0.1, 0.15) is 11.3 Å². The molecule has 0 fully saturated rings. The number of aromatic nitrogens is 2. The molecule has 2 N–H and O–H groups in total. The molecule has 0 bridgehead atoms. The highest BCUT2D eigenvalue weighted by Crippen LogP contribution is 2.36. The number of allylic oxidation sites excluding steroid dienone is 1. The summed E-state index contributed by atoms with van der Waals surface area (Å²) in [6.45, 7) is 5.97. The molecule has 0 amide bonds. The Morgan fingerprint density at radius 1 is 1.32 bits per heavy atom. The molecule has 2 aromatic heterocycles. The highest BCUT2D eigenvalue weighted by molar-refractivity contribution is 7.13. The number of pyridine rings is 1. The van der Waals surface area contributed by atoms with E-state index in [2.05, 4.69) is 16.5 Å². The molecule has 3 rings (SSSR count). The van der Waals surface area contributed by atoms with Crippen molar-refractivity contribution in [3.8, 4) is 16.5 Å². The third-order valence-corrected chi connectivity index (χ3v) is 5.25. The van der Waals surface area contributed by atoms with E-state index in [9.17, 15) is 0 Å². The Hall–Kier alpha value is -2.67. The average Bonchev–Trinajstić information content (AvgIpc) is 3.14. The fourth-order valence-electron chi connectivity index (χ4n) is 2.79. The molecule has 0 aliphatic carbocycles. The van der Waals surface area contributed by atoms with Crippen LogP contribution in [-0.4, -0.2) is 23.9 Å². The van der Waals surface area contributed by atoms with Gasteiger partial charge in [-0.3, -0.25) is 0 Å². The molecule has 2 heterocycles. The molecular weight excluding hydrogens is 394 g/mol. The Labute approximate surface area is 172 Å². The summed E-state index contributed by atoms with van der Waals surface area (Å²) in [6.07, 6.45) is 3.31. The second-order valence-electron chi connectivity index (χ2n) is 5.89. The van der Waals surface area contributed by atoms with E-state index in [4.69, 9.17) is 26.8 Å². The van der Waals surface area contributed by atoms with Gasteiger partial charge in [0.05, 0.1) is 0 Å². The van der Waals surface area contributed by atoms with Gasteiger partial charge < -0.3 is 15.2 Å². The lowest BCUT2D eigenvalue weighted by atomic mass is 10.0. The Kier molecular flexibility index (Phi) is 6.46. The summed E-state index contributed by atoms with van der Waals surface area (Å²) >= 11 is 8.00. The van der Waals surface area contributed by atoms with E-state index in [0.717, 1.165) is 32.3 Å². The van der Waals surface area contributed by atoms with Crippen LogP contribution in [0.3, 0.4) is 0 Å². The lowest BCUT2D eigenvalue weighted by Gasteiger charge is -2.14. The number of aryl methyl sites for hydroxylation is 1. The van der Waals surface area contributed by atoms with Gasteiger partial charge in [-0.15, -0.1) is 11.3 Å². The van der Waals surface area contributed by atoms with Crippen LogP contribution < -0.4 is 20.9 Å². The second kappa shape index (κ2) is 9.01. The van der Waals surface area contributed by atoms with Crippen LogP contribution in [0.2, 0.25) is 5.15 Å². The summed E-state index contributed by atoms with van der Waals surface area (Å²) in [6, 6.07) is 9.67. The molecule has 0 saturated carbocycles. The molecular formula is C21H20ClN3O2S. The molecule has 7 heteroatoms. The normalized spacial score (nSPS) is 12.8. The summed E-state index contributed by atoms with van der Waals surface area (Å²) in [5.74, 6) is 0.419. The number of nitrogens with two attached hydrogens (primary N) is 1. The molecule has 0 atom stereocenters. The van der Waals surface area contributed by atoms with Crippen molar-refractivity contribution < 1.29 is 9.47 Å². The van der Waals surface area contributed by atoms with Gasteiger partial charge in [0.25, 0.3) is 0 Å². The minimum absolute atomic E-state index is 0.0409. The zero-order valence-electron chi connectivity index (χ0n) is 15.6. The van der Waals surface area contributed by atoms with Crippen molar-refractivity contribution in [1.82, 2.24) is 9.97 Å². The summed E-state index contributed by atoms with van der Waals surface area (Å²) in [5, 5.41) is 4.75. The van der Waals surface area contributed by atoms with Crippen LogP contribution in [0.4, 0.5) is 0 Å². The first-order valence-electron chi connectivity index (χ1n) is 8.48. The standard InChI is InChI=1S/C21H20ClN3O2S/c1-4-15(16-8-6-5-7-14(16)10-23)17-9-18(21-24-13(2)11-28-21)25-20(22)19(17)27-12-26-3/h4-11H,1,12,23H2,2-3H3/b14-10-,16-15+. The number of nitrogens with zero attached hydrogens (tertiary/aromatic N) is 2. The van der Waals surface area contributed by atoms with E-state index in [1.54, 1.807) is 19.4 Å². The van der Waals surface area contributed by atoms with Crippen molar-refractivity contribution >= 4 is 34.7 Å². The maximum Gasteiger partial charge on any atom is 0.188 e. The van der Waals surface area contributed by atoms with Gasteiger partial charge in [-0.05, 0) is 29.0 Å². The summed E-state index contributed by atoms with van der Waals surface area (Å²) in [7, 11) is 1.55. The van der Waals surface area contributed by atoms with Gasteiger partial charge in [0.1, 0.15) is 10.7 Å². The molecule has 0 saturated heterocycles. The molecule has 1 aromatic carbocycles. The van der Waals surface area contributed by atoms with Crippen LogP contribution >= 0.6 is 22.9 Å². The lowest BCUT2D eigenvalue weighted by Crippen LogP contribution is -2.28. The number of thiazole rings is 1. The molecule has 28 heavy (non-hydrogen) atoms. The smallest absolute Gasteiger partial charge is 0.188 e. The third kappa shape index (κ3) is 4.09. The number of hydrogen-bond donors (Lipinski definition) is 1. The van der Waals surface area contributed by atoms with Crippen molar-refractivity contribution in [2.24, 2.45) is 5.73 Å². The van der Waals surface area contributed by atoms with E-state index in [-0.39, 0.29) is 11.9 Å². The van der Waals surface area contributed by atoms with Gasteiger partial charge >= 0.3 is 0 Å².